The lowest BCUT2D eigenvalue weighted by molar-refractivity contribution is 0.0935. The molecule has 1 aliphatic heterocycles. The summed E-state index contributed by atoms with van der Waals surface area (Å²) in [5.41, 5.74) is 6.03. The minimum Gasteiger partial charge on any atom is -0.361 e. The van der Waals surface area contributed by atoms with E-state index in [0.29, 0.717) is 5.56 Å². The fourth-order valence-electron chi connectivity index (χ4n) is 3.63. The Labute approximate surface area is 168 Å². The Morgan fingerprint density at radius 3 is 2.62 bits per heavy atom. The second kappa shape index (κ2) is 6.91. The van der Waals surface area contributed by atoms with Gasteiger partial charge in [-0.05, 0) is 42.8 Å². The van der Waals surface area contributed by atoms with Crippen molar-refractivity contribution in [1.82, 2.24) is 20.1 Å². The summed E-state index contributed by atoms with van der Waals surface area (Å²) in [7, 11) is 0. The molecule has 1 amide bonds. The lowest BCUT2D eigenvalue weighted by atomic mass is 10.0. The summed E-state index contributed by atoms with van der Waals surface area (Å²) in [5, 5.41) is 11.4. The van der Waals surface area contributed by atoms with Gasteiger partial charge >= 0.3 is 0 Å². The fourth-order valence-corrected chi connectivity index (χ4v) is 3.63. The highest BCUT2D eigenvalue weighted by atomic mass is 16.2. The van der Waals surface area contributed by atoms with Crippen molar-refractivity contribution in [3.8, 4) is 16.9 Å². The van der Waals surface area contributed by atoms with E-state index >= 15 is 0 Å². The number of carbonyl (C=O) groups excluding carboxylic acids is 1. The van der Waals surface area contributed by atoms with E-state index in [-0.39, 0.29) is 5.91 Å². The van der Waals surface area contributed by atoms with Gasteiger partial charge in [-0.2, -0.15) is 5.10 Å². The van der Waals surface area contributed by atoms with Gasteiger partial charge in [-0.15, -0.1) is 0 Å². The first-order valence-corrected chi connectivity index (χ1v) is 9.43. The third-order valence-corrected chi connectivity index (χ3v) is 5.09. The van der Waals surface area contributed by atoms with Crippen LogP contribution in [0.2, 0.25) is 0 Å². The Morgan fingerprint density at radius 1 is 0.966 bits per heavy atom. The third-order valence-electron chi connectivity index (χ3n) is 5.09. The molecule has 1 unspecified atom stereocenters. The van der Waals surface area contributed by atoms with Crippen molar-refractivity contribution in [3.05, 3.63) is 95.9 Å². The third kappa shape index (κ3) is 3.04. The standard InChI is InChI=1S/C23H19N5O/c1-15-7-5-11-18-20(15)25-22(26-23(18)29)19-14-28(17-9-3-2-4-10-17)27-21(19)16-8-6-12-24-13-16/h2-14,22,25H,1H3,(H,26,29). The van der Waals surface area contributed by atoms with Crippen LogP contribution in [-0.4, -0.2) is 20.7 Å². The van der Waals surface area contributed by atoms with E-state index in [9.17, 15) is 4.79 Å². The molecule has 5 rings (SSSR count). The van der Waals surface area contributed by atoms with Crippen molar-refractivity contribution in [2.45, 2.75) is 13.1 Å². The van der Waals surface area contributed by atoms with E-state index in [1.165, 1.54) is 0 Å². The maximum atomic E-state index is 12.8. The van der Waals surface area contributed by atoms with E-state index in [1.54, 1.807) is 12.4 Å². The van der Waals surface area contributed by atoms with Gasteiger partial charge in [0, 0.05) is 29.7 Å². The van der Waals surface area contributed by atoms with E-state index in [4.69, 9.17) is 5.10 Å². The summed E-state index contributed by atoms with van der Waals surface area (Å²) in [6, 6.07) is 19.5. The molecule has 0 fully saturated rings. The Balaban J connectivity index is 1.64. The van der Waals surface area contributed by atoms with Crippen LogP contribution in [0.1, 0.15) is 27.7 Å². The van der Waals surface area contributed by atoms with Crippen LogP contribution in [0, 0.1) is 6.92 Å². The molecule has 1 aliphatic rings. The number of nitrogens with zero attached hydrogens (tertiary/aromatic N) is 3. The molecule has 29 heavy (non-hydrogen) atoms. The van der Waals surface area contributed by atoms with Gasteiger partial charge in [0.1, 0.15) is 11.9 Å². The minimum absolute atomic E-state index is 0.1000. The van der Waals surface area contributed by atoms with Gasteiger partial charge in [-0.3, -0.25) is 9.78 Å². The predicted octanol–water partition coefficient (Wildman–Crippen LogP) is 4.10. The van der Waals surface area contributed by atoms with Crippen molar-refractivity contribution in [2.75, 3.05) is 5.32 Å². The predicted molar refractivity (Wildman–Crippen MR) is 112 cm³/mol. The first-order chi connectivity index (χ1) is 14.2. The number of nitrogens with one attached hydrogen (secondary N) is 2. The summed E-state index contributed by atoms with van der Waals surface area (Å²) in [5.74, 6) is -0.1000. The average molecular weight is 381 g/mol. The van der Waals surface area contributed by atoms with Crippen molar-refractivity contribution < 1.29 is 4.79 Å². The summed E-state index contributed by atoms with van der Waals surface area (Å²) in [6.45, 7) is 2.00. The van der Waals surface area contributed by atoms with E-state index < -0.39 is 6.17 Å². The van der Waals surface area contributed by atoms with Gasteiger partial charge in [-0.25, -0.2) is 4.68 Å². The van der Waals surface area contributed by atoms with E-state index in [0.717, 1.165) is 33.8 Å². The average Bonchev–Trinajstić information content (AvgIpc) is 3.21. The summed E-state index contributed by atoms with van der Waals surface area (Å²) >= 11 is 0. The van der Waals surface area contributed by atoms with Gasteiger partial charge < -0.3 is 10.6 Å². The minimum atomic E-state index is -0.399. The Kier molecular flexibility index (Phi) is 4.09. The highest BCUT2D eigenvalue weighted by Crippen LogP contribution is 2.33. The van der Waals surface area contributed by atoms with Crippen LogP contribution in [0.3, 0.4) is 0 Å². The molecule has 0 aliphatic carbocycles. The van der Waals surface area contributed by atoms with Crippen molar-refractivity contribution in [3.63, 3.8) is 0 Å². The molecule has 2 N–H and O–H groups in total. The number of hydrogen-bond donors (Lipinski definition) is 2. The highest BCUT2D eigenvalue weighted by Gasteiger charge is 2.29. The summed E-state index contributed by atoms with van der Waals surface area (Å²) < 4.78 is 1.83. The zero-order valence-electron chi connectivity index (χ0n) is 15.8. The monoisotopic (exact) mass is 381 g/mol. The molecular weight excluding hydrogens is 362 g/mol. The van der Waals surface area contributed by atoms with Gasteiger partial charge in [0.15, 0.2) is 0 Å². The van der Waals surface area contributed by atoms with Crippen LogP contribution < -0.4 is 10.6 Å². The summed E-state index contributed by atoms with van der Waals surface area (Å²) in [4.78, 5) is 17.0. The number of rotatable bonds is 3. The lowest BCUT2D eigenvalue weighted by Gasteiger charge is -2.29. The molecule has 6 heteroatoms. The fraction of sp³-hybridized carbons (Fsp3) is 0.0870. The number of carbonyl (C=O) groups is 1. The number of para-hydroxylation sites is 2. The molecule has 142 valence electrons. The molecule has 3 heterocycles. The molecule has 6 nitrogen and oxygen atoms in total. The molecule has 0 bridgehead atoms. The molecule has 0 radical (unpaired) electrons. The normalized spacial score (nSPS) is 15.3. The van der Waals surface area contributed by atoms with Crippen molar-refractivity contribution in [1.29, 1.82) is 0 Å². The second-order valence-electron chi connectivity index (χ2n) is 7.00. The smallest absolute Gasteiger partial charge is 0.255 e. The number of aromatic nitrogens is 3. The molecule has 1 atom stereocenters. The molecule has 2 aromatic carbocycles. The van der Waals surface area contributed by atoms with Crippen LogP contribution in [0.15, 0.2) is 79.3 Å². The van der Waals surface area contributed by atoms with Crippen LogP contribution >= 0.6 is 0 Å². The van der Waals surface area contributed by atoms with E-state index in [1.807, 2.05) is 78.5 Å². The SMILES string of the molecule is Cc1cccc2c1NC(c1cn(-c3ccccc3)nc1-c1cccnc1)NC2=O. The second-order valence-corrected chi connectivity index (χ2v) is 7.00. The van der Waals surface area contributed by atoms with Crippen LogP contribution in [0.4, 0.5) is 5.69 Å². The maximum absolute atomic E-state index is 12.8. The first kappa shape index (κ1) is 17.2. The first-order valence-electron chi connectivity index (χ1n) is 9.43. The molecule has 4 aromatic rings. The zero-order valence-corrected chi connectivity index (χ0v) is 15.8. The van der Waals surface area contributed by atoms with Crippen LogP contribution in [0.25, 0.3) is 16.9 Å². The number of aryl methyl sites for hydroxylation is 1. The van der Waals surface area contributed by atoms with E-state index in [2.05, 4.69) is 15.6 Å². The number of hydrogen-bond acceptors (Lipinski definition) is 4. The van der Waals surface area contributed by atoms with Gasteiger partial charge in [-0.1, -0.05) is 30.3 Å². The van der Waals surface area contributed by atoms with Gasteiger partial charge in [0.2, 0.25) is 0 Å². The molecule has 2 aromatic heterocycles. The number of anilines is 1. The topological polar surface area (TPSA) is 71.8 Å². The quantitative estimate of drug-likeness (QED) is 0.561. The Bertz CT molecular complexity index is 1180. The number of benzene rings is 2. The van der Waals surface area contributed by atoms with Crippen LogP contribution in [-0.2, 0) is 0 Å². The number of fused-ring (bicyclic) bond motifs is 1. The molecule has 0 saturated heterocycles. The number of pyridine rings is 1. The van der Waals surface area contributed by atoms with Crippen molar-refractivity contribution >= 4 is 11.6 Å². The molecular formula is C23H19N5O. The summed E-state index contributed by atoms with van der Waals surface area (Å²) in [6.07, 6.45) is 5.07. The Morgan fingerprint density at radius 2 is 1.83 bits per heavy atom. The zero-order chi connectivity index (χ0) is 19.8. The number of amides is 1. The molecule has 0 saturated carbocycles. The largest absolute Gasteiger partial charge is 0.361 e. The Hall–Kier alpha value is -3.93. The van der Waals surface area contributed by atoms with Crippen LogP contribution in [0.5, 0.6) is 0 Å². The molecule has 0 spiro atoms. The van der Waals surface area contributed by atoms with Gasteiger partial charge in [0.05, 0.1) is 16.9 Å². The lowest BCUT2D eigenvalue weighted by Crippen LogP contribution is -2.38. The van der Waals surface area contributed by atoms with Crippen molar-refractivity contribution in [2.24, 2.45) is 0 Å². The highest BCUT2D eigenvalue weighted by molar-refractivity contribution is 6.02. The van der Waals surface area contributed by atoms with Gasteiger partial charge in [0.25, 0.3) is 5.91 Å². The maximum Gasteiger partial charge on any atom is 0.255 e.